The van der Waals surface area contributed by atoms with E-state index in [4.69, 9.17) is 0 Å². The number of thiophene rings is 1. The quantitative estimate of drug-likeness (QED) is 0.804. The molecule has 2 heterocycles. The maximum absolute atomic E-state index is 4.02. The minimum Gasteiger partial charge on any atom is -0.312 e. The van der Waals surface area contributed by atoms with E-state index in [9.17, 15) is 0 Å². The molecule has 0 aromatic carbocycles. The summed E-state index contributed by atoms with van der Waals surface area (Å²) in [6.45, 7) is 4.07. The van der Waals surface area contributed by atoms with Gasteiger partial charge in [0.2, 0.25) is 0 Å². The van der Waals surface area contributed by atoms with Crippen molar-refractivity contribution in [1.82, 2.24) is 15.5 Å². The number of aryl methyl sites for hydroxylation is 2. The zero-order valence-electron chi connectivity index (χ0n) is 9.79. The van der Waals surface area contributed by atoms with E-state index in [-0.39, 0.29) is 0 Å². The maximum Gasteiger partial charge on any atom is 0.0701 e. The summed E-state index contributed by atoms with van der Waals surface area (Å²) in [4.78, 5) is 1.37. The zero-order valence-corrected chi connectivity index (χ0v) is 12.2. The number of aromatic nitrogens is 2. The molecule has 0 spiro atoms. The average Bonchev–Trinajstić information content (AvgIpc) is 2.88. The third-order valence-corrected chi connectivity index (χ3v) is 4.29. The first-order valence-corrected chi connectivity index (χ1v) is 7.30. The van der Waals surface area contributed by atoms with Gasteiger partial charge in [-0.2, -0.15) is 5.10 Å². The lowest BCUT2D eigenvalue weighted by molar-refractivity contribution is 0.653. The first kappa shape index (κ1) is 12.8. The molecular weight excluding hydrogens is 298 g/mol. The van der Waals surface area contributed by atoms with Crippen molar-refractivity contribution in [3.05, 3.63) is 38.3 Å². The van der Waals surface area contributed by atoms with Crippen molar-refractivity contribution in [2.24, 2.45) is 0 Å². The van der Waals surface area contributed by atoms with Crippen LogP contribution in [-0.4, -0.2) is 16.7 Å². The molecule has 0 fully saturated rings. The van der Waals surface area contributed by atoms with Crippen LogP contribution < -0.4 is 5.32 Å². The van der Waals surface area contributed by atoms with E-state index < -0.39 is 0 Å². The fourth-order valence-electron chi connectivity index (χ4n) is 1.69. The summed E-state index contributed by atoms with van der Waals surface area (Å²) in [6.07, 6.45) is 4.15. The van der Waals surface area contributed by atoms with Gasteiger partial charge in [0.15, 0.2) is 0 Å². The van der Waals surface area contributed by atoms with Gasteiger partial charge in [-0.1, -0.05) is 0 Å². The predicted molar refractivity (Wildman–Crippen MR) is 75.4 cm³/mol. The van der Waals surface area contributed by atoms with E-state index in [0.29, 0.717) is 0 Å². The van der Waals surface area contributed by atoms with E-state index in [2.05, 4.69) is 50.5 Å². The van der Waals surface area contributed by atoms with Gasteiger partial charge >= 0.3 is 0 Å². The van der Waals surface area contributed by atoms with Crippen LogP contribution in [0.15, 0.2) is 22.1 Å². The van der Waals surface area contributed by atoms with E-state index in [0.717, 1.165) is 25.9 Å². The number of nitrogens with one attached hydrogen (secondary N) is 2. The van der Waals surface area contributed by atoms with Crippen LogP contribution >= 0.6 is 27.3 Å². The monoisotopic (exact) mass is 313 g/mol. The Kier molecular flexibility index (Phi) is 4.76. The number of hydrogen-bond acceptors (Lipinski definition) is 3. The molecule has 0 aliphatic carbocycles. The SMILES string of the molecule is Cc1[nH]ncc1CCCNCc1ccc(Br)s1. The standard InChI is InChI=1S/C12H16BrN3S/c1-9-10(7-15-16-9)3-2-6-14-8-11-4-5-12(13)17-11/h4-5,7,14H,2-3,6,8H2,1H3,(H,15,16). The Morgan fingerprint density at radius 2 is 2.35 bits per heavy atom. The van der Waals surface area contributed by atoms with Crippen LogP contribution in [0.1, 0.15) is 22.6 Å². The second-order valence-corrected chi connectivity index (χ2v) is 6.55. The third-order valence-electron chi connectivity index (χ3n) is 2.66. The summed E-state index contributed by atoms with van der Waals surface area (Å²) in [5.41, 5.74) is 2.51. The van der Waals surface area contributed by atoms with Crippen LogP contribution in [0, 0.1) is 6.92 Å². The van der Waals surface area contributed by atoms with Gasteiger partial charge in [0, 0.05) is 17.1 Å². The molecule has 5 heteroatoms. The largest absolute Gasteiger partial charge is 0.312 e. The van der Waals surface area contributed by atoms with Crippen molar-refractivity contribution < 1.29 is 0 Å². The molecule has 0 saturated heterocycles. The van der Waals surface area contributed by atoms with Crippen LogP contribution in [0.2, 0.25) is 0 Å². The normalized spacial score (nSPS) is 10.9. The molecule has 0 radical (unpaired) electrons. The third kappa shape index (κ3) is 3.94. The number of nitrogens with zero attached hydrogens (tertiary/aromatic N) is 1. The average molecular weight is 314 g/mol. The fourth-order valence-corrected chi connectivity index (χ4v) is 3.14. The number of rotatable bonds is 6. The highest BCUT2D eigenvalue weighted by Gasteiger charge is 2.00. The van der Waals surface area contributed by atoms with Crippen molar-refractivity contribution in [1.29, 1.82) is 0 Å². The number of hydrogen-bond donors (Lipinski definition) is 2. The Morgan fingerprint density at radius 3 is 3.00 bits per heavy atom. The Labute approximate surface area is 114 Å². The highest BCUT2D eigenvalue weighted by Crippen LogP contribution is 2.21. The molecule has 0 atom stereocenters. The predicted octanol–water partition coefficient (Wildman–Crippen LogP) is 3.26. The molecule has 2 rings (SSSR count). The Balaban J connectivity index is 1.62. The molecule has 92 valence electrons. The molecular formula is C12H16BrN3S. The first-order valence-electron chi connectivity index (χ1n) is 5.69. The van der Waals surface area contributed by atoms with Gasteiger partial charge in [-0.05, 0) is 59.9 Å². The van der Waals surface area contributed by atoms with E-state index in [1.54, 1.807) is 11.3 Å². The lowest BCUT2D eigenvalue weighted by Gasteiger charge is -2.02. The second-order valence-electron chi connectivity index (χ2n) is 4.01. The lowest BCUT2D eigenvalue weighted by Crippen LogP contribution is -2.14. The number of H-pyrrole nitrogens is 1. The van der Waals surface area contributed by atoms with Crippen molar-refractivity contribution in [2.45, 2.75) is 26.3 Å². The van der Waals surface area contributed by atoms with Crippen LogP contribution in [0.3, 0.4) is 0 Å². The van der Waals surface area contributed by atoms with Gasteiger partial charge in [-0.15, -0.1) is 11.3 Å². The Bertz CT molecular complexity index is 464. The topological polar surface area (TPSA) is 40.7 Å². The molecule has 0 unspecified atom stereocenters. The molecule has 0 amide bonds. The summed E-state index contributed by atoms with van der Waals surface area (Å²) < 4.78 is 1.20. The Morgan fingerprint density at radius 1 is 1.47 bits per heavy atom. The lowest BCUT2D eigenvalue weighted by atomic mass is 10.1. The molecule has 3 nitrogen and oxygen atoms in total. The zero-order chi connectivity index (χ0) is 12.1. The van der Waals surface area contributed by atoms with Gasteiger partial charge in [-0.25, -0.2) is 0 Å². The van der Waals surface area contributed by atoms with Crippen molar-refractivity contribution in [2.75, 3.05) is 6.54 Å². The summed E-state index contributed by atoms with van der Waals surface area (Å²) in [5, 5.41) is 10.4. The minimum atomic E-state index is 0.959. The summed E-state index contributed by atoms with van der Waals surface area (Å²) in [7, 11) is 0. The van der Waals surface area contributed by atoms with Crippen LogP contribution in [-0.2, 0) is 13.0 Å². The molecule has 0 saturated carbocycles. The van der Waals surface area contributed by atoms with Gasteiger partial charge in [0.05, 0.1) is 9.98 Å². The Hall–Kier alpha value is -0.650. The summed E-state index contributed by atoms with van der Waals surface area (Å²) in [6, 6.07) is 4.25. The van der Waals surface area contributed by atoms with Crippen molar-refractivity contribution in [3.63, 3.8) is 0 Å². The van der Waals surface area contributed by atoms with Crippen LogP contribution in [0.25, 0.3) is 0 Å². The molecule has 17 heavy (non-hydrogen) atoms. The highest BCUT2D eigenvalue weighted by molar-refractivity contribution is 9.11. The van der Waals surface area contributed by atoms with Crippen LogP contribution in [0.5, 0.6) is 0 Å². The van der Waals surface area contributed by atoms with E-state index in [1.807, 2.05) is 6.20 Å². The van der Waals surface area contributed by atoms with E-state index >= 15 is 0 Å². The smallest absolute Gasteiger partial charge is 0.0701 e. The van der Waals surface area contributed by atoms with Gasteiger partial charge in [-0.3, -0.25) is 5.10 Å². The summed E-state index contributed by atoms with van der Waals surface area (Å²) in [5.74, 6) is 0. The number of halogens is 1. The van der Waals surface area contributed by atoms with Gasteiger partial charge in [0.25, 0.3) is 0 Å². The van der Waals surface area contributed by atoms with E-state index in [1.165, 1.54) is 19.9 Å². The van der Waals surface area contributed by atoms with Crippen molar-refractivity contribution >= 4 is 27.3 Å². The molecule has 2 N–H and O–H groups in total. The van der Waals surface area contributed by atoms with Gasteiger partial charge in [0.1, 0.15) is 0 Å². The second kappa shape index (κ2) is 6.33. The van der Waals surface area contributed by atoms with Gasteiger partial charge < -0.3 is 5.32 Å². The summed E-state index contributed by atoms with van der Waals surface area (Å²) >= 11 is 5.25. The van der Waals surface area contributed by atoms with Crippen molar-refractivity contribution in [3.8, 4) is 0 Å². The minimum absolute atomic E-state index is 0.959. The molecule has 0 bridgehead atoms. The molecule has 0 aliphatic rings. The fraction of sp³-hybridized carbons (Fsp3) is 0.417. The maximum atomic E-state index is 4.02. The molecule has 0 aliphatic heterocycles. The van der Waals surface area contributed by atoms with Crippen LogP contribution in [0.4, 0.5) is 0 Å². The molecule has 2 aromatic rings. The number of aromatic amines is 1. The highest BCUT2D eigenvalue weighted by atomic mass is 79.9. The first-order chi connectivity index (χ1) is 8.25. The molecule has 2 aromatic heterocycles.